The summed E-state index contributed by atoms with van der Waals surface area (Å²) in [7, 11) is 0. The summed E-state index contributed by atoms with van der Waals surface area (Å²) >= 11 is 0. The summed E-state index contributed by atoms with van der Waals surface area (Å²) in [5.41, 5.74) is 0. The van der Waals surface area contributed by atoms with Crippen LogP contribution in [0.4, 0.5) is 0 Å². The van der Waals surface area contributed by atoms with Crippen LogP contribution in [0.1, 0.15) is 32.1 Å². The predicted molar refractivity (Wildman–Crippen MR) is 82.4 cm³/mol. The number of amides is 2. The van der Waals surface area contributed by atoms with E-state index in [9.17, 15) is 14.4 Å². The van der Waals surface area contributed by atoms with Crippen molar-refractivity contribution in [3.63, 3.8) is 0 Å². The molecule has 7 heteroatoms. The third kappa shape index (κ3) is 3.40. The first-order chi connectivity index (χ1) is 11.1. The summed E-state index contributed by atoms with van der Waals surface area (Å²) in [6.45, 7) is 0.835. The zero-order valence-electron chi connectivity index (χ0n) is 13.2. The van der Waals surface area contributed by atoms with Gasteiger partial charge in [0.1, 0.15) is 6.61 Å². The zero-order chi connectivity index (χ0) is 16.4. The Bertz CT molecular complexity index is 496. The average Bonchev–Trinajstić information content (AvgIpc) is 3.23. The smallest absolute Gasteiger partial charge is 0.238 e. The molecule has 3 aliphatic rings. The lowest BCUT2D eigenvalue weighted by Gasteiger charge is -2.23. The third-order valence-electron chi connectivity index (χ3n) is 5.57. The summed E-state index contributed by atoms with van der Waals surface area (Å²) in [4.78, 5) is 36.2. The Kier molecular flexibility index (Phi) is 4.96. The second-order valence-corrected chi connectivity index (χ2v) is 6.94. The molecule has 0 spiro atoms. The molecule has 2 saturated heterocycles. The van der Waals surface area contributed by atoms with Gasteiger partial charge in [-0.1, -0.05) is 6.42 Å². The van der Waals surface area contributed by atoms with Gasteiger partial charge in [0.2, 0.25) is 11.8 Å². The summed E-state index contributed by atoms with van der Waals surface area (Å²) in [5.74, 6) is -0.0620. The first-order valence-electron chi connectivity index (χ1n) is 8.55. The lowest BCUT2D eigenvalue weighted by Crippen LogP contribution is -2.51. The minimum absolute atomic E-state index is 0.0789. The van der Waals surface area contributed by atoms with Crippen molar-refractivity contribution in [2.24, 2.45) is 17.8 Å². The topological polar surface area (TPSA) is 108 Å². The maximum absolute atomic E-state index is 12.6. The number of carbonyl (C=O) groups excluding carboxylic acids is 3. The number of carbonyl (C=O) groups is 3. The van der Waals surface area contributed by atoms with Gasteiger partial charge in [-0.2, -0.15) is 0 Å². The van der Waals surface area contributed by atoms with Gasteiger partial charge in [0.25, 0.3) is 0 Å². The fourth-order valence-electron chi connectivity index (χ4n) is 4.27. The van der Waals surface area contributed by atoms with Crippen LogP contribution in [0, 0.1) is 17.8 Å². The van der Waals surface area contributed by atoms with Gasteiger partial charge in [-0.25, -0.2) is 0 Å². The Hall–Kier alpha value is -1.47. The van der Waals surface area contributed by atoms with Gasteiger partial charge >= 0.3 is 0 Å². The summed E-state index contributed by atoms with van der Waals surface area (Å²) in [5, 5.41) is 17.9. The summed E-state index contributed by atoms with van der Waals surface area (Å²) in [6.07, 6.45) is 4.28. The third-order valence-corrected chi connectivity index (χ3v) is 5.57. The molecule has 0 radical (unpaired) electrons. The lowest BCUT2D eigenvalue weighted by molar-refractivity contribution is -0.132. The molecule has 2 heterocycles. The SMILES string of the molecule is O=C1NCC[C@H]1C[C@H](NC(=O)[C@H]1NCC2CCCC21)C(=O)CO. The maximum atomic E-state index is 12.6. The van der Waals surface area contributed by atoms with E-state index in [1.165, 1.54) is 0 Å². The standard InChI is InChI=1S/C16H25N3O4/c20-8-13(21)12(6-9-4-5-17-15(9)22)19-16(23)14-11-3-1-2-10(11)7-18-14/h9-12,14,18,20H,1-8H2,(H,17,22)(H,19,23)/t9-,10?,11?,12-,14-/m0/s1. The van der Waals surface area contributed by atoms with E-state index in [0.29, 0.717) is 24.8 Å². The Morgan fingerprint density at radius 2 is 2.13 bits per heavy atom. The van der Waals surface area contributed by atoms with Crippen LogP contribution in [0.5, 0.6) is 0 Å². The number of rotatable bonds is 6. The molecule has 5 atom stereocenters. The van der Waals surface area contributed by atoms with Gasteiger partial charge in [-0.05, 0) is 44.1 Å². The normalized spacial score (nSPS) is 34.0. The van der Waals surface area contributed by atoms with E-state index in [-0.39, 0.29) is 30.2 Å². The van der Waals surface area contributed by atoms with E-state index in [2.05, 4.69) is 16.0 Å². The number of aliphatic hydroxyl groups is 1. The molecular formula is C16H25N3O4. The van der Waals surface area contributed by atoms with Crippen LogP contribution in [0.15, 0.2) is 0 Å². The highest BCUT2D eigenvalue weighted by Crippen LogP contribution is 2.37. The van der Waals surface area contributed by atoms with E-state index in [0.717, 1.165) is 25.8 Å². The molecule has 0 aromatic rings. The van der Waals surface area contributed by atoms with Gasteiger partial charge in [-0.3, -0.25) is 14.4 Å². The Morgan fingerprint density at radius 1 is 1.30 bits per heavy atom. The first-order valence-corrected chi connectivity index (χ1v) is 8.55. The van der Waals surface area contributed by atoms with E-state index in [1.54, 1.807) is 0 Å². The molecule has 1 aliphatic carbocycles. The lowest BCUT2D eigenvalue weighted by atomic mass is 9.92. The molecule has 128 valence electrons. The second kappa shape index (κ2) is 6.97. The molecule has 4 N–H and O–H groups in total. The van der Waals surface area contributed by atoms with Crippen molar-refractivity contribution in [2.75, 3.05) is 19.7 Å². The largest absolute Gasteiger partial charge is 0.389 e. The van der Waals surface area contributed by atoms with Crippen LogP contribution >= 0.6 is 0 Å². The molecule has 0 aromatic carbocycles. The molecule has 7 nitrogen and oxygen atoms in total. The monoisotopic (exact) mass is 323 g/mol. The van der Waals surface area contributed by atoms with Crippen molar-refractivity contribution in [3.05, 3.63) is 0 Å². The van der Waals surface area contributed by atoms with Crippen molar-refractivity contribution in [2.45, 2.75) is 44.2 Å². The van der Waals surface area contributed by atoms with Crippen LogP contribution in [0.2, 0.25) is 0 Å². The average molecular weight is 323 g/mol. The van der Waals surface area contributed by atoms with Crippen LogP contribution in [-0.4, -0.2) is 54.5 Å². The van der Waals surface area contributed by atoms with Crippen molar-refractivity contribution in [3.8, 4) is 0 Å². The Morgan fingerprint density at radius 3 is 2.83 bits per heavy atom. The minimum atomic E-state index is -0.788. The van der Waals surface area contributed by atoms with Crippen LogP contribution in [0.25, 0.3) is 0 Å². The fraction of sp³-hybridized carbons (Fsp3) is 0.812. The number of hydrogen-bond donors (Lipinski definition) is 4. The highest BCUT2D eigenvalue weighted by Gasteiger charge is 2.43. The molecule has 2 amide bonds. The molecule has 0 aromatic heterocycles. The Labute approximate surface area is 135 Å². The number of fused-ring (bicyclic) bond motifs is 1. The molecule has 3 rings (SSSR count). The summed E-state index contributed by atoms with van der Waals surface area (Å²) < 4.78 is 0. The van der Waals surface area contributed by atoms with Gasteiger partial charge in [0.05, 0.1) is 12.1 Å². The molecule has 0 bridgehead atoms. The van der Waals surface area contributed by atoms with Gasteiger partial charge < -0.3 is 21.1 Å². The summed E-state index contributed by atoms with van der Waals surface area (Å²) in [6, 6.07) is -1.04. The number of Topliss-reactive ketones (excluding diaryl/α,β-unsaturated/α-hetero) is 1. The molecular weight excluding hydrogens is 298 g/mol. The maximum Gasteiger partial charge on any atom is 0.238 e. The number of nitrogens with one attached hydrogen (secondary N) is 3. The second-order valence-electron chi connectivity index (χ2n) is 6.94. The molecule has 1 saturated carbocycles. The van der Waals surface area contributed by atoms with Gasteiger partial charge in [0.15, 0.2) is 5.78 Å². The number of hydrogen-bond acceptors (Lipinski definition) is 5. The zero-order valence-corrected chi connectivity index (χ0v) is 13.2. The van der Waals surface area contributed by atoms with Crippen LogP contribution < -0.4 is 16.0 Å². The van der Waals surface area contributed by atoms with E-state index >= 15 is 0 Å². The van der Waals surface area contributed by atoms with E-state index in [4.69, 9.17) is 5.11 Å². The van der Waals surface area contributed by atoms with Crippen molar-refractivity contribution in [1.82, 2.24) is 16.0 Å². The number of aliphatic hydroxyl groups excluding tert-OH is 1. The molecule has 23 heavy (non-hydrogen) atoms. The van der Waals surface area contributed by atoms with E-state index < -0.39 is 18.4 Å². The van der Waals surface area contributed by atoms with Crippen LogP contribution in [-0.2, 0) is 14.4 Å². The fourth-order valence-corrected chi connectivity index (χ4v) is 4.27. The highest BCUT2D eigenvalue weighted by molar-refractivity contribution is 5.92. The molecule has 2 unspecified atom stereocenters. The molecule has 3 fully saturated rings. The van der Waals surface area contributed by atoms with E-state index in [1.807, 2.05) is 0 Å². The van der Waals surface area contributed by atoms with Gasteiger partial charge in [0, 0.05) is 12.5 Å². The minimum Gasteiger partial charge on any atom is -0.389 e. The Balaban J connectivity index is 1.62. The van der Waals surface area contributed by atoms with Gasteiger partial charge in [-0.15, -0.1) is 0 Å². The quantitative estimate of drug-likeness (QED) is 0.499. The van der Waals surface area contributed by atoms with Crippen molar-refractivity contribution in [1.29, 1.82) is 0 Å². The number of ketones is 1. The predicted octanol–water partition coefficient (Wildman–Crippen LogP) is -1.05. The highest BCUT2D eigenvalue weighted by atomic mass is 16.3. The van der Waals surface area contributed by atoms with Crippen LogP contribution in [0.3, 0.4) is 0 Å². The van der Waals surface area contributed by atoms with Crippen molar-refractivity contribution >= 4 is 17.6 Å². The molecule has 2 aliphatic heterocycles. The first kappa shape index (κ1) is 16.4. The van der Waals surface area contributed by atoms with Crippen molar-refractivity contribution < 1.29 is 19.5 Å².